The van der Waals surface area contributed by atoms with Crippen molar-refractivity contribution in [2.24, 2.45) is 11.5 Å². The molecule has 0 bridgehead atoms. The van der Waals surface area contributed by atoms with Gasteiger partial charge in [-0.1, -0.05) is 51.5 Å². The fraction of sp³-hybridized carbons (Fsp3) is 0.529. The maximum absolute atomic E-state index is 12.4. The van der Waals surface area contributed by atoms with Crippen molar-refractivity contribution in [2.75, 3.05) is 6.54 Å². The molecule has 0 radical (unpaired) electrons. The number of hydrogen-bond donors (Lipinski definition) is 2. The molecule has 1 saturated heterocycles. The summed E-state index contributed by atoms with van der Waals surface area (Å²) in [5, 5.41) is 0. The summed E-state index contributed by atoms with van der Waals surface area (Å²) in [7, 11) is 0. The maximum atomic E-state index is 12.4. The topological polar surface area (TPSA) is 89.4 Å². The van der Waals surface area contributed by atoms with E-state index >= 15 is 0 Å². The lowest BCUT2D eigenvalue weighted by Gasteiger charge is -2.56. The Labute approximate surface area is 131 Å². The number of likely N-dealkylation sites (tertiary alicyclic amines) is 1. The van der Waals surface area contributed by atoms with E-state index in [1.165, 1.54) is 0 Å². The second-order valence-electron chi connectivity index (χ2n) is 6.35. The van der Waals surface area contributed by atoms with E-state index in [0.717, 1.165) is 17.5 Å². The Morgan fingerprint density at radius 2 is 1.95 bits per heavy atom. The molecule has 0 saturated carbocycles. The highest BCUT2D eigenvalue weighted by Crippen LogP contribution is 2.45. The first-order valence-electron chi connectivity index (χ1n) is 7.81. The zero-order valence-electron chi connectivity index (χ0n) is 13.5. The van der Waals surface area contributed by atoms with Crippen molar-refractivity contribution in [3.8, 4) is 0 Å². The van der Waals surface area contributed by atoms with Gasteiger partial charge in [0.05, 0.1) is 6.04 Å². The van der Waals surface area contributed by atoms with Gasteiger partial charge in [-0.3, -0.25) is 4.79 Å². The van der Waals surface area contributed by atoms with Crippen molar-refractivity contribution in [3.05, 3.63) is 35.4 Å². The van der Waals surface area contributed by atoms with Gasteiger partial charge in [-0.25, -0.2) is 4.79 Å². The largest absolute Gasteiger partial charge is 0.369 e. The highest BCUT2D eigenvalue weighted by molar-refractivity contribution is 5.92. The van der Waals surface area contributed by atoms with Crippen LogP contribution in [0.15, 0.2) is 24.3 Å². The number of carbonyl (C=O) groups excluding carboxylic acids is 2. The molecule has 0 aliphatic carbocycles. The standard InChI is InChI=1S/C17H25N3O2/c1-4-7-14-17(15(18)21,10-20(14)16(19)22)13-9-6-5-8-12(13)11(2)3/h5-6,8-9,11,14H,4,7,10H2,1-3H3,(H2,18,21)(H2,19,22). The van der Waals surface area contributed by atoms with Crippen molar-refractivity contribution in [1.82, 2.24) is 4.90 Å². The summed E-state index contributed by atoms with van der Waals surface area (Å²) in [5.74, 6) is -0.103. The Bertz CT molecular complexity index is 585. The number of benzene rings is 1. The van der Waals surface area contributed by atoms with E-state index in [1.807, 2.05) is 31.2 Å². The van der Waals surface area contributed by atoms with Crippen LogP contribution in [0.5, 0.6) is 0 Å². The van der Waals surface area contributed by atoms with Gasteiger partial charge in [0.25, 0.3) is 0 Å². The molecule has 1 aromatic rings. The molecule has 22 heavy (non-hydrogen) atoms. The van der Waals surface area contributed by atoms with Crippen LogP contribution in [-0.2, 0) is 10.2 Å². The molecular weight excluding hydrogens is 278 g/mol. The Balaban J connectivity index is 2.56. The Morgan fingerprint density at radius 1 is 1.32 bits per heavy atom. The number of nitrogens with two attached hydrogens (primary N) is 2. The lowest BCUT2D eigenvalue weighted by atomic mass is 9.63. The van der Waals surface area contributed by atoms with Crippen LogP contribution in [0, 0.1) is 0 Å². The Morgan fingerprint density at radius 3 is 2.45 bits per heavy atom. The quantitative estimate of drug-likeness (QED) is 0.872. The summed E-state index contributed by atoms with van der Waals surface area (Å²) >= 11 is 0. The number of amides is 3. The highest BCUT2D eigenvalue weighted by Gasteiger charge is 2.59. The van der Waals surface area contributed by atoms with Crippen LogP contribution < -0.4 is 11.5 Å². The third-order valence-corrected chi connectivity index (χ3v) is 4.71. The van der Waals surface area contributed by atoms with Gasteiger partial charge < -0.3 is 16.4 Å². The second-order valence-corrected chi connectivity index (χ2v) is 6.35. The maximum Gasteiger partial charge on any atom is 0.315 e. The van der Waals surface area contributed by atoms with Gasteiger partial charge in [0.15, 0.2) is 0 Å². The van der Waals surface area contributed by atoms with Crippen molar-refractivity contribution in [2.45, 2.75) is 51.0 Å². The van der Waals surface area contributed by atoms with E-state index in [-0.39, 0.29) is 24.4 Å². The third-order valence-electron chi connectivity index (χ3n) is 4.71. The minimum Gasteiger partial charge on any atom is -0.369 e. The van der Waals surface area contributed by atoms with E-state index in [1.54, 1.807) is 4.90 Å². The smallest absolute Gasteiger partial charge is 0.315 e. The van der Waals surface area contributed by atoms with E-state index < -0.39 is 11.4 Å². The fourth-order valence-corrected chi connectivity index (χ4v) is 3.59. The van der Waals surface area contributed by atoms with Crippen LogP contribution in [0.3, 0.4) is 0 Å². The van der Waals surface area contributed by atoms with Gasteiger partial charge in [-0.2, -0.15) is 0 Å². The molecule has 3 amide bonds. The van der Waals surface area contributed by atoms with Crippen LogP contribution >= 0.6 is 0 Å². The molecule has 1 aliphatic rings. The summed E-state index contributed by atoms with van der Waals surface area (Å²) in [6.45, 7) is 6.48. The molecule has 5 nitrogen and oxygen atoms in total. The molecule has 1 aromatic carbocycles. The Hall–Kier alpha value is -2.04. The fourth-order valence-electron chi connectivity index (χ4n) is 3.59. The van der Waals surface area contributed by atoms with Crippen LogP contribution in [0.1, 0.15) is 50.7 Å². The van der Waals surface area contributed by atoms with Gasteiger partial charge in [0.2, 0.25) is 5.91 Å². The van der Waals surface area contributed by atoms with Crippen LogP contribution in [0.25, 0.3) is 0 Å². The van der Waals surface area contributed by atoms with E-state index in [0.29, 0.717) is 6.42 Å². The van der Waals surface area contributed by atoms with Crippen molar-refractivity contribution >= 4 is 11.9 Å². The molecule has 120 valence electrons. The number of nitrogens with zero attached hydrogens (tertiary/aromatic N) is 1. The van der Waals surface area contributed by atoms with Crippen LogP contribution in [-0.4, -0.2) is 29.4 Å². The normalized spacial score (nSPS) is 24.2. The van der Waals surface area contributed by atoms with Gasteiger partial charge in [-0.05, 0) is 23.5 Å². The number of carbonyl (C=O) groups is 2. The van der Waals surface area contributed by atoms with E-state index in [9.17, 15) is 9.59 Å². The minimum atomic E-state index is -0.827. The van der Waals surface area contributed by atoms with E-state index in [4.69, 9.17) is 11.5 Å². The van der Waals surface area contributed by atoms with Gasteiger partial charge in [-0.15, -0.1) is 0 Å². The first-order chi connectivity index (χ1) is 10.4. The summed E-state index contributed by atoms with van der Waals surface area (Å²) < 4.78 is 0. The molecule has 2 unspecified atom stereocenters. The molecule has 1 fully saturated rings. The summed E-state index contributed by atoms with van der Waals surface area (Å²) in [6, 6.07) is 7.13. The zero-order chi connectivity index (χ0) is 16.5. The van der Waals surface area contributed by atoms with E-state index in [2.05, 4.69) is 13.8 Å². The molecule has 1 aliphatic heterocycles. The number of urea groups is 1. The predicted octanol–water partition coefficient (Wildman–Crippen LogP) is 2.10. The molecule has 0 spiro atoms. The molecule has 1 heterocycles. The lowest BCUT2D eigenvalue weighted by Crippen LogP contribution is -2.74. The first kappa shape index (κ1) is 16.3. The molecule has 0 aromatic heterocycles. The number of primary amides is 2. The SMILES string of the molecule is CCCC1N(C(N)=O)CC1(C(N)=O)c1ccccc1C(C)C. The zero-order valence-corrected chi connectivity index (χ0v) is 13.5. The minimum absolute atomic E-state index is 0.257. The first-order valence-corrected chi connectivity index (χ1v) is 7.81. The van der Waals surface area contributed by atoms with Gasteiger partial charge in [0, 0.05) is 6.54 Å². The third kappa shape index (κ3) is 2.34. The molecule has 5 heteroatoms. The molecule has 2 rings (SSSR count). The summed E-state index contributed by atoms with van der Waals surface area (Å²) in [4.78, 5) is 25.6. The van der Waals surface area contributed by atoms with Crippen molar-refractivity contribution in [3.63, 3.8) is 0 Å². The average Bonchev–Trinajstić information content (AvgIpc) is 2.43. The average molecular weight is 303 g/mol. The second kappa shape index (κ2) is 5.99. The molecule has 4 N–H and O–H groups in total. The highest BCUT2D eigenvalue weighted by atomic mass is 16.2. The van der Waals surface area contributed by atoms with Crippen molar-refractivity contribution in [1.29, 1.82) is 0 Å². The van der Waals surface area contributed by atoms with Crippen molar-refractivity contribution < 1.29 is 9.59 Å². The summed E-state index contributed by atoms with van der Waals surface area (Å²) in [5.41, 5.74) is 12.5. The number of rotatable bonds is 5. The predicted molar refractivity (Wildman–Crippen MR) is 86.4 cm³/mol. The lowest BCUT2D eigenvalue weighted by molar-refractivity contribution is -0.133. The van der Waals surface area contributed by atoms with Gasteiger partial charge in [0.1, 0.15) is 5.41 Å². The Kier molecular flexibility index (Phi) is 4.44. The monoisotopic (exact) mass is 303 g/mol. The van der Waals surface area contributed by atoms with Gasteiger partial charge >= 0.3 is 6.03 Å². The molecular formula is C17H25N3O2. The molecule has 2 atom stereocenters. The van der Waals surface area contributed by atoms with Crippen LogP contribution in [0.4, 0.5) is 4.79 Å². The number of hydrogen-bond acceptors (Lipinski definition) is 2. The summed E-state index contributed by atoms with van der Waals surface area (Å²) in [6.07, 6.45) is 1.56. The van der Waals surface area contributed by atoms with Crippen LogP contribution in [0.2, 0.25) is 0 Å².